The Labute approximate surface area is 99.3 Å². The summed E-state index contributed by atoms with van der Waals surface area (Å²) in [7, 11) is 1.27. The Bertz CT molecular complexity index is 350. The van der Waals surface area contributed by atoms with Crippen molar-refractivity contribution >= 4 is 17.8 Å². The van der Waals surface area contributed by atoms with Crippen LogP contribution in [0, 0.1) is 17.3 Å². The summed E-state index contributed by atoms with van der Waals surface area (Å²) in [5, 5.41) is 11.5. The van der Waals surface area contributed by atoms with Crippen molar-refractivity contribution in [1.82, 2.24) is 5.32 Å². The third-order valence-electron chi connectivity index (χ3n) is 3.23. The van der Waals surface area contributed by atoms with Gasteiger partial charge >= 0.3 is 11.9 Å². The van der Waals surface area contributed by atoms with Gasteiger partial charge in [-0.25, -0.2) is 0 Å². The van der Waals surface area contributed by atoms with Gasteiger partial charge in [-0.05, 0) is 5.41 Å². The highest BCUT2D eigenvalue weighted by Gasteiger charge is 2.65. The molecule has 6 nitrogen and oxygen atoms in total. The van der Waals surface area contributed by atoms with E-state index in [4.69, 9.17) is 5.11 Å². The first kappa shape index (κ1) is 13.5. The molecular formula is C11H17NO5. The van der Waals surface area contributed by atoms with Crippen LogP contribution in [0.4, 0.5) is 0 Å². The van der Waals surface area contributed by atoms with Crippen LogP contribution in [-0.4, -0.2) is 36.6 Å². The van der Waals surface area contributed by atoms with Gasteiger partial charge in [0.05, 0.1) is 25.4 Å². The summed E-state index contributed by atoms with van der Waals surface area (Å²) < 4.78 is 4.42. The number of carboxylic acid groups (broad SMARTS) is 1. The Morgan fingerprint density at radius 2 is 1.88 bits per heavy atom. The lowest BCUT2D eigenvalue weighted by atomic mass is 10.1. The van der Waals surface area contributed by atoms with E-state index in [9.17, 15) is 14.4 Å². The Morgan fingerprint density at radius 1 is 1.29 bits per heavy atom. The SMILES string of the molecule is COC(=O)CCNC(=O)C1C(C(=O)O)C1(C)C. The van der Waals surface area contributed by atoms with Crippen LogP contribution in [0.1, 0.15) is 20.3 Å². The van der Waals surface area contributed by atoms with Gasteiger partial charge in [0.15, 0.2) is 0 Å². The van der Waals surface area contributed by atoms with E-state index in [1.165, 1.54) is 7.11 Å². The van der Waals surface area contributed by atoms with Gasteiger partial charge in [-0.3, -0.25) is 14.4 Å². The highest BCUT2D eigenvalue weighted by Crippen LogP contribution is 2.58. The van der Waals surface area contributed by atoms with Gasteiger partial charge in [-0.1, -0.05) is 13.8 Å². The number of carbonyl (C=O) groups is 3. The molecule has 1 fully saturated rings. The maximum absolute atomic E-state index is 11.7. The normalized spacial score (nSPS) is 24.9. The number of carbonyl (C=O) groups excluding carboxylic acids is 2. The first-order valence-corrected chi connectivity index (χ1v) is 5.39. The van der Waals surface area contributed by atoms with E-state index in [2.05, 4.69) is 10.1 Å². The van der Waals surface area contributed by atoms with Gasteiger partial charge in [-0.15, -0.1) is 0 Å². The molecule has 0 heterocycles. The van der Waals surface area contributed by atoms with Crippen molar-refractivity contribution in [2.75, 3.05) is 13.7 Å². The van der Waals surface area contributed by atoms with E-state index < -0.39 is 29.2 Å². The van der Waals surface area contributed by atoms with Crippen LogP contribution < -0.4 is 5.32 Å². The Balaban J connectivity index is 2.40. The maximum Gasteiger partial charge on any atom is 0.307 e. The highest BCUT2D eigenvalue weighted by atomic mass is 16.5. The number of aliphatic carboxylic acids is 1. The second kappa shape index (κ2) is 4.73. The fraction of sp³-hybridized carbons (Fsp3) is 0.727. The van der Waals surface area contributed by atoms with Crippen LogP contribution in [0.25, 0.3) is 0 Å². The number of nitrogens with one attached hydrogen (secondary N) is 1. The minimum Gasteiger partial charge on any atom is -0.481 e. The van der Waals surface area contributed by atoms with E-state index in [0.29, 0.717) is 0 Å². The molecule has 2 unspecified atom stereocenters. The molecule has 0 saturated heterocycles. The summed E-state index contributed by atoms with van der Waals surface area (Å²) in [5.41, 5.74) is -0.513. The molecule has 2 atom stereocenters. The number of methoxy groups -OCH3 is 1. The summed E-state index contributed by atoms with van der Waals surface area (Å²) in [6, 6.07) is 0. The first-order valence-electron chi connectivity index (χ1n) is 5.39. The Morgan fingerprint density at radius 3 is 2.29 bits per heavy atom. The number of ether oxygens (including phenoxy) is 1. The predicted octanol–water partition coefficient (Wildman–Crippen LogP) is 0.0225. The van der Waals surface area contributed by atoms with Gasteiger partial charge < -0.3 is 15.2 Å². The molecule has 0 aromatic rings. The van der Waals surface area contributed by atoms with E-state index >= 15 is 0 Å². The van der Waals surface area contributed by atoms with Crippen molar-refractivity contribution < 1.29 is 24.2 Å². The molecule has 96 valence electrons. The number of amides is 1. The molecule has 0 spiro atoms. The van der Waals surface area contributed by atoms with Crippen LogP contribution in [0.2, 0.25) is 0 Å². The largest absolute Gasteiger partial charge is 0.481 e. The van der Waals surface area contributed by atoms with E-state index in [0.717, 1.165) is 0 Å². The third-order valence-corrected chi connectivity index (χ3v) is 3.23. The lowest BCUT2D eigenvalue weighted by molar-refractivity contribution is -0.142. The molecule has 0 radical (unpaired) electrons. The van der Waals surface area contributed by atoms with Crippen molar-refractivity contribution in [1.29, 1.82) is 0 Å². The molecule has 1 aliphatic carbocycles. The molecule has 1 aliphatic rings. The monoisotopic (exact) mass is 243 g/mol. The minimum atomic E-state index is -0.955. The summed E-state index contributed by atoms with van der Waals surface area (Å²) >= 11 is 0. The van der Waals surface area contributed by atoms with Crippen LogP contribution in [-0.2, 0) is 19.1 Å². The van der Waals surface area contributed by atoms with Crippen molar-refractivity contribution in [2.45, 2.75) is 20.3 Å². The summed E-state index contributed by atoms with van der Waals surface area (Å²) in [6.07, 6.45) is 0.0904. The summed E-state index contributed by atoms with van der Waals surface area (Å²) in [6.45, 7) is 3.66. The second-order valence-electron chi connectivity index (χ2n) is 4.73. The first-order chi connectivity index (χ1) is 7.82. The van der Waals surface area contributed by atoms with Crippen molar-refractivity contribution in [2.24, 2.45) is 17.3 Å². The van der Waals surface area contributed by atoms with Crippen LogP contribution in [0.15, 0.2) is 0 Å². The standard InChI is InChI=1S/C11H17NO5/c1-11(2)7(8(11)10(15)16)9(14)12-5-4-6(13)17-3/h7-8H,4-5H2,1-3H3,(H,12,14)(H,15,16). The molecule has 2 N–H and O–H groups in total. The van der Waals surface area contributed by atoms with Gasteiger partial charge in [-0.2, -0.15) is 0 Å². The summed E-state index contributed by atoms with van der Waals surface area (Å²) in [4.78, 5) is 33.4. The zero-order valence-corrected chi connectivity index (χ0v) is 10.1. The molecule has 0 aliphatic heterocycles. The number of carboxylic acids is 1. The number of esters is 1. The van der Waals surface area contributed by atoms with Crippen molar-refractivity contribution in [3.8, 4) is 0 Å². The van der Waals surface area contributed by atoms with Crippen molar-refractivity contribution in [3.63, 3.8) is 0 Å². The molecule has 0 aromatic heterocycles. The van der Waals surface area contributed by atoms with E-state index in [1.54, 1.807) is 13.8 Å². The lowest BCUT2D eigenvalue weighted by Crippen LogP contribution is -2.29. The average Bonchev–Trinajstić information content (AvgIpc) is 2.81. The molecule has 0 bridgehead atoms. The fourth-order valence-corrected chi connectivity index (χ4v) is 2.09. The third kappa shape index (κ3) is 2.75. The second-order valence-corrected chi connectivity index (χ2v) is 4.73. The Hall–Kier alpha value is -1.59. The van der Waals surface area contributed by atoms with Gasteiger partial charge in [0, 0.05) is 6.54 Å². The zero-order chi connectivity index (χ0) is 13.2. The van der Waals surface area contributed by atoms with Crippen LogP contribution in [0.3, 0.4) is 0 Å². The maximum atomic E-state index is 11.7. The average molecular weight is 243 g/mol. The minimum absolute atomic E-state index is 0.0904. The van der Waals surface area contributed by atoms with Gasteiger partial charge in [0.1, 0.15) is 0 Å². The zero-order valence-electron chi connectivity index (χ0n) is 10.1. The van der Waals surface area contributed by atoms with E-state index in [-0.39, 0.29) is 18.9 Å². The van der Waals surface area contributed by atoms with Gasteiger partial charge in [0.2, 0.25) is 5.91 Å². The molecule has 1 rings (SSSR count). The smallest absolute Gasteiger partial charge is 0.307 e. The molecular weight excluding hydrogens is 226 g/mol. The van der Waals surface area contributed by atoms with E-state index in [1.807, 2.05) is 0 Å². The topological polar surface area (TPSA) is 92.7 Å². The quantitative estimate of drug-likeness (QED) is 0.664. The van der Waals surface area contributed by atoms with Crippen molar-refractivity contribution in [3.05, 3.63) is 0 Å². The number of rotatable bonds is 5. The number of hydrogen-bond acceptors (Lipinski definition) is 4. The molecule has 1 amide bonds. The summed E-state index contributed by atoms with van der Waals surface area (Å²) in [5.74, 6) is -2.83. The molecule has 1 saturated carbocycles. The number of hydrogen-bond donors (Lipinski definition) is 2. The highest BCUT2D eigenvalue weighted by molar-refractivity contribution is 5.91. The van der Waals surface area contributed by atoms with Crippen LogP contribution in [0.5, 0.6) is 0 Å². The molecule has 17 heavy (non-hydrogen) atoms. The van der Waals surface area contributed by atoms with Crippen LogP contribution >= 0.6 is 0 Å². The molecule has 6 heteroatoms. The fourth-order valence-electron chi connectivity index (χ4n) is 2.09. The Kier molecular flexibility index (Phi) is 3.75. The lowest BCUT2D eigenvalue weighted by Gasteiger charge is -2.04. The molecule has 0 aromatic carbocycles. The van der Waals surface area contributed by atoms with Gasteiger partial charge in [0.25, 0.3) is 0 Å². The predicted molar refractivity (Wildman–Crippen MR) is 58.0 cm³/mol.